The average Bonchev–Trinajstić information content (AvgIpc) is 3.74. The highest BCUT2D eigenvalue weighted by Gasteiger charge is 2.50. The third kappa shape index (κ3) is 5.88. The maximum atomic E-state index is 15.0. The fraction of sp³-hybridized carbons (Fsp3) is 0.421. The summed E-state index contributed by atoms with van der Waals surface area (Å²) in [5, 5.41) is 0. The van der Waals surface area contributed by atoms with E-state index < -0.39 is 30.2 Å². The van der Waals surface area contributed by atoms with Crippen molar-refractivity contribution in [2.24, 2.45) is 0 Å². The predicted molar refractivity (Wildman–Crippen MR) is 175 cm³/mol. The number of benzene rings is 3. The highest BCUT2D eigenvalue weighted by Crippen LogP contribution is 2.42. The molecule has 47 heavy (non-hydrogen) atoms. The second kappa shape index (κ2) is 13.2. The number of hydrogen-bond acceptors (Lipinski definition) is 6. The first-order valence-corrected chi connectivity index (χ1v) is 16.8. The van der Waals surface area contributed by atoms with Gasteiger partial charge in [0.15, 0.2) is 0 Å². The van der Waals surface area contributed by atoms with E-state index in [1.54, 1.807) is 9.80 Å². The smallest absolute Gasteiger partial charge is 0.415 e. The number of likely N-dealkylation sites (tertiary alicyclic amines) is 1. The summed E-state index contributed by atoms with van der Waals surface area (Å²) in [6, 6.07) is 22.3. The summed E-state index contributed by atoms with van der Waals surface area (Å²) >= 11 is 0. The summed E-state index contributed by atoms with van der Waals surface area (Å²) in [4.78, 5) is 61.4. The Morgan fingerprint density at radius 2 is 1.32 bits per heavy atom. The maximum absolute atomic E-state index is 15.0. The molecule has 9 nitrogen and oxygen atoms in total. The molecular formula is C38H41N3O6. The van der Waals surface area contributed by atoms with Crippen LogP contribution in [0.1, 0.15) is 73.2 Å². The predicted octanol–water partition coefficient (Wildman–Crippen LogP) is 5.75. The molecule has 3 aromatic carbocycles. The third-order valence-electron chi connectivity index (χ3n) is 10.4. The van der Waals surface area contributed by atoms with E-state index in [4.69, 9.17) is 9.47 Å². The van der Waals surface area contributed by atoms with Crippen LogP contribution in [-0.2, 0) is 43.2 Å². The van der Waals surface area contributed by atoms with Crippen molar-refractivity contribution < 1.29 is 28.7 Å². The molecule has 1 aliphatic carbocycles. The monoisotopic (exact) mass is 635 g/mol. The van der Waals surface area contributed by atoms with Crippen molar-refractivity contribution in [2.75, 3.05) is 12.0 Å². The topological polar surface area (TPSA) is 96.5 Å². The zero-order chi connectivity index (χ0) is 32.5. The second-order valence-electron chi connectivity index (χ2n) is 13.1. The average molecular weight is 636 g/mol. The highest BCUT2D eigenvalue weighted by atomic mass is 16.6. The Bertz CT molecular complexity index is 1650. The zero-order valence-electron chi connectivity index (χ0n) is 26.8. The molecule has 4 aliphatic rings. The molecule has 244 valence electrons. The van der Waals surface area contributed by atoms with Gasteiger partial charge >= 0.3 is 12.1 Å². The Hall–Kier alpha value is -4.66. The van der Waals surface area contributed by atoms with Crippen LogP contribution in [0.25, 0.3) is 0 Å². The van der Waals surface area contributed by atoms with Gasteiger partial charge in [0, 0.05) is 19.4 Å². The molecule has 3 aromatic rings. The summed E-state index contributed by atoms with van der Waals surface area (Å²) in [6.07, 6.45) is 5.79. The molecule has 0 spiro atoms. The van der Waals surface area contributed by atoms with Crippen molar-refractivity contribution in [2.45, 2.75) is 94.6 Å². The molecular weight excluding hydrogens is 594 g/mol. The lowest BCUT2D eigenvalue weighted by Gasteiger charge is -2.40. The number of fused-ring (bicyclic) bond motifs is 2. The maximum Gasteiger partial charge on any atom is 0.415 e. The van der Waals surface area contributed by atoms with Crippen LogP contribution in [0, 0.1) is 0 Å². The Morgan fingerprint density at radius 1 is 0.660 bits per heavy atom. The van der Waals surface area contributed by atoms with Crippen molar-refractivity contribution >= 4 is 29.6 Å². The summed E-state index contributed by atoms with van der Waals surface area (Å²) in [5.41, 5.74) is 4.46. The van der Waals surface area contributed by atoms with E-state index in [1.165, 1.54) is 12.0 Å². The normalized spacial score (nSPS) is 24.0. The van der Waals surface area contributed by atoms with Crippen molar-refractivity contribution in [3.8, 4) is 0 Å². The van der Waals surface area contributed by atoms with Gasteiger partial charge in [-0.2, -0.15) is 0 Å². The van der Waals surface area contributed by atoms with Crippen LogP contribution in [0.15, 0.2) is 78.9 Å². The number of ether oxygens (including phenoxy) is 2. The second-order valence-corrected chi connectivity index (χ2v) is 13.1. The van der Waals surface area contributed by atoms with E-state index in [1.807, 2.05) is 78.9 Å². The lowest BCUT2D eigenvalue weighted by Crippen LogP contribution is -2.58. The Morgan fingerprint density at radius 3 is 2.06 bits per heavy atom. The molecule has 0 unspecified atom stereocenters. The number of hydrogen-bond donors (Lipinski definition) is 0. The quantitative estimate of drug-likeness (QED) is 0.332. The van der Waals surface area contributed by atoms with Crippen LogP contribution >= 0.6 is 0 Å². The van der Waals surface area contributed by atoms with Crippen LogP contribution < -0.4 is 4.90 Å². The number of esters is 1. The third-order valence-corrected chi connectivity index (χ3v) is 10.4. The van der Waals surface area contributed by atoms with E-state index in [2.05, 4.69) is 0 Å². The number of amides is 3. The number of carbonyl (C=O) groups is 4. The first-order valence-electron chi connectivity index (χ1n) is 16.8. The molecule has 1 saturated heterocycles. The molecule has 3 aliphatic heterocycles. The van der Waals surface area contributed by atoms with Crippen LogP contribution in [0.2, 0.25) is 0 Å². The summed E-state index contributed by atoms with van der Waals surface area (Å²) < 4.78 is 11.2. The van der Waals surface area contributed by atoms with Crippen LogP contribution in [0.3, 0.4) is 0 Å². The lowest BCUT2D eigenvalue weighted by atomic mass is 9.93. The van der Waals surface area contributed by atoms with Gasteiger partial charge in [0.2, 0.25) is 11.8 Å². The van der Waals surface area contributed by atoms with E-state index in [0.717, 1.165) is 54.4 Å². The van der Waals surface area contributed by atoms with Crippen molar-refractivity contribution in [1.82, 2.24) is 9.80 Å². The fourth-order valence-corrected chi connectivity index (χ4v) is 8.02. The molecule has 3 amide bonds. The van der Waals surface area contributed by atoms with E-state index >= 15 is 0 Å². The number of anilines is 1. The van der Waals surface area contributed by atoms with E-state index in [0.29, 0.717) is 31.4 Å². The van der Waals surface area contributed by atoms with E-state index in [9.17, 15) is 19.2 Å². The molecule has 7 rings (SSSR count). The van der Waals surface area contributed by atoms with Crippen LogP contribution in [-0.4, -0.2) is 65.0 Å². The van der Waals surface area contributed by atoms with Crippen LogP contribution in [0.5, 0.6) is 0 Å². The van der Waals surface area contributed by atoms with Crippen molar-refractivity contribution in [3.05, 3.63) is 101 Å². The molecule has 1 saturated carbocycles. The number of para-hydroxylation sites is 1. The highest BCUT2D eigenvalue weighted by molar-refractivity contribution is 6.02. The number of nitrogens with zero attached hydrogens (tertiary/aromatic N) is 3. The molecule has 2 fully saturated rings. The molecule has 0 bridgehead atoms. The van der Waals surface area contributed by atoms with Gasteiger partial charge in [0.1, 0.15) is 24.2 Å². The van der Waals surface area contributed by atoms with Gasteiger partial charge in [-0.15, -0.1) is 0 Å². The number of methoxy groups -OCH3 is 1. The van der Waals surface area contributed by atoms with Gasteiger partial charge in [-0.3, -0.25) is 14.5 Å². The molecule has 3 heterocycles. The fourth-order valence-electron chi connectivity index (χ4n) is 8.02. The van der Waals surface area contributed by atoms with Crippen LogP contribution in [0.4, 0.5) is 10.5 Å². The van der Waals surface area contributed by atoms with E-state index in [-0.39, 0.29) is 30.5 Å². The number of rotatable bonds is 5. The minimum Gasteiger partial charge on any atom is -0.467 e. The van der Waals surface area contributed by atoms with Gasteiger partial charge in [0.25, 0.3) is 0 Å². The Balaban J connectivity index is 1.23. The van der Waals surface area contributed by atoms with Gasteiger partial charge < -0.3 is 19.3 Å². The largest absolute Gasteiger partial charge is 0.467 e. The molecule has 4 atom stereocenters. The van der Waals surface area contributed by atoms with Gasteiger partial charge in [-0.25, -0.2) is 9.59 Å². The van der Waals surface area contributed by atoms with Crippen molar-refractivity contribution in [1.29, 1.82) is 0 Å². The molecule has 0 aromatic heterocycles. The Labute approximate surface area is 275 Å². The zero-order valence-corrected chi connectivity index (χ0v) is 26.8. The first kappa shape index (κ1) is 31.0. The van der Waals surface area contributed by atoms with Crippen molar-refractivity contribution in [3.63, 3.8) is 0 Å². The Kier molecular flexibility index (Phi) is 8.71. The van der Waals surface area contributed by atoms with Gasteiger partial charge in [0.05, 0.1) is 18.8 Å². The van der Waals surface area contributed by atoms with Gasteiger partial charge in [-0.1, -0.05) is 79.2 Å². The first-order chi connectivity index (χ1) is 22.9. The SMILES string of the molecule is COC(=O)[C@H]1Cc2ccccc2CN1C(=O)[C@H]1CC[C@@H](c2ccccc2)N1C(=O)[C@H]1Cc2ccccc2N1C(=O)OC1CCCCC1. The summed E-state index contributed by atoms with van der Waals surface area (Å²) in [6.45, 7) is 0.248. The summed E-state index contributed by atoms with van der Waals surface area (Å²) in [7, 11) is 1.33. The molecule has 0 radical (unpaired) electrons. The molecule has 0 N–H and O–H groups in total. The van der Waals surface area contributed by atoms with Gasteiger partial charge in [-0.05, 0) is 66.8 Å². The lowest BCUT2D eigenvalue weighted by molar-refractivity contribution is -0.157. The molecule has 9 heteroatoms. The minimum absolute atomic E-state index is 0.171. The standard InChI is InChI=1S/C38H41N3O6/c1-46-37(44)34-22-26-14-8-9-16-28(26)24-39(34)35(42)32-21-20-31(25-12-4-2-5-13-25)40(32)36(43)33-23-27-15-10-11-19-30(27)41(33)38(45)47-29-17-6-3-7-18-29/h2,4-5,8-16,19,29,31-34H,3,6-7,17-18,20-24H2,1H3/t31-,32+,33+,34+/m0/s1. The minimum atomic E-state index is -0.860. The number of carbonyl (C=O) groups excluding carboxylic acids is 4. The summed E-state index contributed by atoms with van der Waals surface area (Å²) in [5.74, 6) is -1.06.